The second-order valence-corrected chi connectivity index (χ2v) is 12.4. The minimum absolute atomic E-state index is 0.0691. The summed E-state index contributed by atoms with van der Waals surface area (Å²) in [5, 5.41) is 8.32. The van der Waals surface area contributed by atoms with Crippen molar-refractivity contribution < 1.29 is 8.42 Å². The summed E-state index contributed by atoms with van der Waals surface area (Å²) in [5.41, 5.74) is 1.02. The maximum Gasteiger partial charge on any atom is 0.244 e. The predicted octanol–water partition coefficient (Wildman–Crippen LogP) is 5.45. The third-order valence-electron chi connectivity index (χ3n) is 6.06. The standard InChI is InChI=1S/C24H32Cl3N3O2S/c1-15(2)24(16(3)4)29-23-14-30(33(31,32)22-10-9-19(26)12-21(22)27)20(13-28-23)11-17-5-7-18(25)8-6-17/h5-10,12,15-16,20,23-24,28-29H,11,13-14H2,1-4H3. The monoisotopic (exact) mass is 531 g/mol. The molecule has 1 heterocycles. The molecule has 2 atom stereocenters. The number of halogens is 3. The van der Waals surface area contributed by atoms with Gasteiger partial charge in [0.2, 0.25) is 10.0 Å². The van der Waals surface area contributed by atoms with E-state index in [2.05, 4.69) is 38.3 Å². The summed E-state index contributed by atoms with van der Waals surface area (Å²) in [6.07, 6.45) is 0.376. The number of sulfonamides is 1. The molecule has 3 rings (SSSR count). The van der Waals surface area contributed by atoms with E-state index in [1.54, 1.807) is 10.4 Å². The molecular formula is C24H32Cl3N3O2S. The molecule has 0 bridgehead atoms. The lowest BCUT2D eigenvalue weighted by Crippen LogP contribution is -2.65. The van der Waals surface area contributed by atoms with Gasteiger partial charge < -0.3 is 0 Å². The predicted molar refractivity (Wildman–Crippen MR) is 138 cm³/mol. The third kappa shape index (κ3) is 6.63. The Morgan fingerprint density at radius 1 is 1.00 bits per heavy atom. The molecule has 0 spiro atoms. The van der Waals surface area contributed by atoms with Crippen LogP contribution in [-0.4, -0.2) is 44.1 Å². The number of nitrogens with one attached hydrogen (secondary N) is 2. The molecule has 2 N–H and O–H groups in total. The molecule has 182 valence electrons. The van der Waals surface area contributed by atoms with E-state index in [9.17, 15) is 8.42 Å². The lowest BCUT2D eigenvalue weighted by atomic mass is 9.93. The van der Waals surface area contributed by atoms with Crippen molar-refractivity contribution in [2.75, 3.05) is 13.1 Å². The highest BCUT2D eigenvalue weighted by Gasteiger charge is 2.38. The lowest BCUT2D eigenvalue weighted by Gasteiger charge is -2.42. The molecule has 0 radical (unpaired) electrons. The highest BCUT2D eigenvalue weighted by molar-refractivity contribution is 7.89. The molecule has 1 aliphatic rings. The van der Waals surface area contributed by atoms with E-state index in [0.29, 0.717) is 34.8 Å². The van der Waals surface area contributed by atoms with Crippen LogP contribution in [0.25, 0.3) is 0 Å². The number of piperazine rings is 1. The van der Waals surface area contributed by atoms with Crippen molar-refractivity contribution in [1.29, 1.82) is 0 Å². The molecule has 2 aromatic rings. The molecule has 2 aromatic carbocycles. The Balaban J connectivity index is 1.92. The van der Waals surface area contributed by atoms with Crippen LogP contribution in [0.2, 0.25) is 15.1 Å². The number of benzene rings is 2. The van der Waals surface area contributed by atoms with Crippen molar-refractivity contribution in [3.05, 3.63) is 63.1 Å². The van der Waals surface area contributed by atoms with Crippen LogP contribution in [0.1, 0.15) is 33.3 Å². The fourth-order valence-electron chi connectivity index (χ4n) is 4.44. The zero-order chi connectivity index (χ0) is 24.3. The van der Waals surface area contributed by atoms with Crippen molar-refractivity contribution in [2.24, 2.45) is 11.8 Å². The van der Waals surface area contributed by atoms with Crippen LogP contribution in [0.5, 0.6) is 0 Å². The van der Waals surface area contributed by atoms with Crippen molar-refractivity contribution >= 4 is 44.8 Å². The highest BCUT2D eigenvalue weighted by Crippen LogP contribution is 2.30. The largest absolute Gasteiger partial charge is 0.299 e. The molecule has 33 heavy (non-hydrogen) atoms. The summed E-state index contributed by atoms with van der Waals surface area (Å²) in [6.45, 7) is 9.48. The van der Waals surface area contributed by atoms with Crippen LogP contribution in [0.3, 0.4) is 0 Å². The fraction of sp³-hybridized carbons (Fsp3) is 0.500. The van der Waals surface area contributed by atoms with Gasteiger partial charge in [0.05, 0.1) is 11.2 Å². The average Bonchev–Trinajstić information content (AvgIpc) is 2.73. The van der Waals surface area contributed by atoms with Crippen LogP contribution >= 0.6 is 34.8 Å². The summed E-state index contributed by atoms with van der Waals surface area (Å²) in [4.78, 5) is 0.0691. The number of hydrogen-bond donors (Lipinski definition) is 2. The van der Waals surface area contributed by atoms with E-state index in [4.69, 9.17) is 34.8 Å². The van der Waals surface area contributed by atoms with Gasteiger partial charge in [0.1, 0.15) is 4.90 Å². The minimum atomic E-state index is -3.86. The molecule has 0 saturated carbocycles. The van der Waals surface area contributed by atoms with Crippen molar-refractivity contribution in [3.8, 4) is 0 Å². The zero-order valence-electron chi connectivity index (χ0n) is 19.4. The number of rotatable bonds is 8. The van der Waals surface area contributed by atoms with Crippen molar-refractivity contribution in [2.45, 2.75) is 57.3 Å². The van der Waals surface area contributed by atoms with Gasteiger partial charge >= 0.3 is 0 Å². The van der Waals surface area contributed by atoms with E-state index in [-0.39, 0.29) is 34.7 Å². The summed E-state index contributed by atoms with van der Waals surface area (Å²) < 4.78 is 29.2. The molecule has 1 saturated heterocycles. The number of nitrogens with zero attached hydrogens (tertiary/aromatic N) is 1. The number of hydrogen-bond acceptors (Lipinski definition) is 4. The molecule has 2 unspecified atom stereocenters. The normalized spacial score (nSPS) is 20.2. The Morgan fingerprint density at radius 2 is 1.61 bits per heavy atom. The van der Waals surface area contributed by atoms with Gasteiger partial charge in [-0.05, 0) is 54.2 Å². The van der Waals surface area contributed by atoms with Gasteiger partial charge in [-0.3, -0.25) is 10.6 Å². The topological polar surface area (TPSA) is 61.4 Å². The van der Waals surface area contributed by atoms with Gasteiger partial charge in [0.25, 0.3) is 0 Å². The van der Waals surface area contributed by atoms with Crippen LogP contribution in [-0.2, 0) is 16.4 Å². The van der Waals surface area contributed by atoms with E-state index < -0.39 is 10.0 Å². The third-order valence-corrected chi connectivity index (χ3v) is 8.95. The maximum absolute atomic E-state index is 13.8. The van der Waals surface area contributed by atoms with E-state index in [1.807, 2.05) is 24.3 Å². The summed E-state index contributed by atoms with van der Waals surface area (Å²) in [6, 6.07) is 12.0. The Hall–Kier alpha value is -0.860. The first-order chi connectivity index (χ1) is 15.5. The average molecular weight is 533 g/mol. The highest BCUT2D eigenvalue weighted by atomic mass is 35.5. The van der Waals surface area contributed by atoms with E-state index in [0.717, 1.165) is 5.56 Å². The summed E-state index contributed by atoms with van der Waals surface area (Å²) in [7, 11) is -3.86. The first kappa shape index (κ1) is 26.7. The summed E-state index contributed by atoms with van der Waals surface area (Å²) in [5.74, 6) is 0.823. The van der Waals surface area contributed by atoms with Crippen molar-refractivity contribution in [1.82, 2.24) is 14.9 Å². The lowest BCUT2D eigenvalue weighted by molar-refractivity contribution is 0.169. The van der Waals surface area contributed by atoms with Crippen LogP contribution in [0.4, 0.5) is 0 Å². The van der Waals surface area contributed by atoms with E-state index >= 15 is 0 Å². The molecule has 5 nitrogen and oxygen atoms in total. The van der Waals surface area contributed by atoms with Crippen molar-refractivity contribution in [3.63, 3.8) is 0 Å². The van der Waals surface area contributed by atoms with Crippen LogP contribution < -0.4 is 10.6 Å². The second-order valence-electron chi connectivity index (χ2n) is 9.28. The smallest absolute Gasteiger partial charge is 0.244 e. The second kappa shape index (κ2) is 11.3. The first-order valence-corrected chi connectivity index (χ1v) is 13.8. The fourth-order valence-corrected chi connectivity index (χ4v) is 6.96. The molecule has 1 fully saturated rings. The van der Waals surface area contributed by atoms with Gasteiger partial charge in [0.15, 0.2) is 0 Å². The molecule has 0 amide bonds. The molecule has 0 aromatic heterocycles. The van der Waals surface area contributed by atoms with Gasteiger partial charge in [-0.1, -0.05) is 74.6 Å². The van der Waals surface area contributed by atoms with Crippen LogP contribution in [0.15, 0.2) is 47.4 Å². The minimum Gasteiger partial charge on any atom is -0.299 e. The van der Waals surface area contributed by atoms with Gasteiger partial charge in [-0.15, -0.1) is 0 Å². The molecule has 1 aliphatic heterocycles. The Bertz CT molecular complexity index is 1040. The van der Waals surface area contributed by atoms with Crippen LogP contribution in [0, 0.1) is 11.8 Å². The van der Waals surface area contributed by atoms with Gasteiger partial charge in [0, 0.05) is 35.2 Å². The SMILES string of the molecule is CC(C)C(NC1CN(S(=O)(=O)c2ccc(Cl)cc2Cl)C(Cc2ccc(Cl)cc2)CN1)C(C)C. The summed E-state index contributed by atoms with van der Waals surface area (Å²) >= 11 is 18.4. The van der Waals surface area contributed by atoms with E-state index in [1.165, 1.54) is 12.1 Å². The zero-order valence-corrected chi connectivity index (χ0v) is 22.4. The first-order valence-electron chi connectivity index (χ1n) is 11.2. The molecule has 0 aliphatic carbocycles. The van der Waals surface area contributed by atoms with Gasteiger partial charge in [-0.25, -0.2) is 8.42 Å². The van der Waals surface area contributed by atoms with Gasteiger partial charge in [-0.2, -0.15) is 4.31 Å². The maximum atomic E-state index is 13.8. The molecule has 9 heteroatoms. The quantitative estimate of drug-likeness (QED) is 0.475. The Morgan fingerprint density at radius 3 is 2.18 bits per heavy atom. The Labute approximate surface area is 212 Å². The molecular weight excluding hydrogens is 501 g/mol. The Kier molecular flexibility index (Phi) is 9.12.